The lowest BCUT2D eigenvalue weighted by atomic mass is 9.96. The van der Waals surface area contributed by atoms with Gasteiger partial charge in [0.2, 0.25) is 0 Å². The fourth-order valence-corrected chi connectivity index (χ4v) is 2.66. The monoisotopic (exact) mass is 308 g/mol. The van der Waals surface area contributed by atoms with E-state index < -0.39 is 0 Å². The number of methoxy groups -OCH3 is 1. The molecule has 0 N–H and O–H groups in total. The summed E-state index contributed by atoms with van der Waals surface area (Å²) in [6, 6.07) is 8.92. The minimum absolute atomic E-state index is 0.253. The summed E-state index contributed by atoms with van der Waals surface area (Å²) in [5, 5.41) is 0. The number of hydrogen-bond acceptors (Lipinski definition) is 1. The molecule has 0 amide bonds. The van der Waals surface area contributed by atoms with Crippen LogP contribution in [0.25, 0.3) is 11.1 Å². The molecule has 18 heavy (non-hydrogen) atoms. The number of halogens is 2. The van der Waals surface area contributed by atoms with E-state index in [0.29, 0.717) is 15.8 Å². The average molecular weight is 309 g/mol. The number of ether oxygens (including phenoxy) is 1. The Morgan fingerprint density at radius 2 is 1.83 bits per heavy atom. The van der Waals surface area contributed by atoms with Crippen molar-refractivity contribution in [2.75, 3.05) is 7.11 Å². The van der Waals surface area contributed by atoms with Crippen molar-refractivity contribution in [2.45, 2.75) is 13.8 Å². The molecule has 3 heteroatoms. The zero-order valence-electron chi connectivity index (χ0n) is 10.6. The summed E-state index contributed by atoms with van der Waals surface area (Å²) in [7, 11) is 1.57. The van der Waals surface area contributed by atoms with Gasteiger partial charge < -0.3 is 4.74 Å². The Labute approximate surface area is 115 Å². The van der Waals surface area contributed by atoms with Crippen molar-refractivity contribution in [1.82, 2.24) is 0 Å². The van der Waals surface area contributed by atoms with Crippen LogP contribution in [0.15, 0.2) is 34.8 Å². The molecule has 0 bridgehead atoms. The molecule has 0 aliphatic heterocycles. The largest absolute Gasteiger partial charge is 0.496 e. The van der Waals surface area contributed by atoms with Gasteiger partial charge in [0, 0.05) is 5.56 Å². The Hall–Kier alpha value is -1.35. The second-order valence-corrected chi connectivity index (χ2v) is 4.98. The van der Waals surface area contributed by atoms with E-state index in [1.54, 1.807) is 13.2 Å². The number of benzene rings is 2. The van der Waals surface area contributed by atoms with E-state index in [1.165, 1.54) is 6.07 Å². The summed E-state index contributed by atoms with van der Waals surface area (Å²) >= 11 is 3.42. The van der Waals surface area contributed by atoms with Crippen molar-refractivity contribution in [3.8, 4) is 16.9 Å². The van der Waals surface area contributed by atoms with Gasteiger partial charge in [-0.1, -0.05) is 18.2 Å². The van der Waals surface area contributed by atoms with Crippen LogP contribution in [0.4, 0.5) is 4.39 Å². The Bertz CT molecular complexity index is 593. The molecule has 2 rings (SSSR count). The van der Waals surface area contributed by atoms with Crippen LogP contribution in [0.3, 0.4) is 0 Å². The minimum atomic E-state index is -0.253. The molecule has 94 valence electrons. The number of aryl methyl sites for hydroxylation is 1. The zero-order valence-corrected chi connectivity index (χ0v) is 12.1. The van der Waals surface area contributed by atoms with E-state index >= 15 is 0 Å². The molecular formula is C15H14BrFO. The third kappa shape index (κ3) is 2.15. The lowest BCUT2D eigenvalue weighted by Crippen LogP contribution is -1.94. The Morgan fingerprint density at radius 3 is 2.50 bits per heavy atom. The Morgan fingerprint density at radius 1 is 1.11 bits per heavy atom. The molecule has 0 heterocycles. The highest BCUT2D eigenvalue weighted by atomic mass is 79.9. The predicted octanol–water partition coefficient (Wildman–Crippen LogP) is 4.88. The summed E-state index contributed by atoms with van der Waals surface area (Å²) < 4.78 is 19.9. The van der Waals surface area contributed by atoms with Gasteiger partial charge in [-0.25, -0.2) is 4.39 Å². The maximum Gasteiger partial charge on any atom is 0.133 e. The second-order valence-electron chi connectivity index (χ2n) is 4.19. The van der Waals surface area contributed by atoms with E-state index in [-0.39, 0.29) is 5.82 Å². The van der Waals surface area contributed by atoms with Crippen LogP contribution in [-0.4, -0.2) is 7.11 Å². The van der Waals surface area contributed by atoms with E-state index in [2.05, 4.69) is 15.9 Å². The van der Waals surface area contributed by atoms with Crippen LogP contribution >= 0.6 is 15.9 Å². The van der Waals surface area contributed by atoms with Gasteiger partial charge >= 0.3 is 0 Å². The highest BCUT2D eigenvalue weighted by molar-refractivity contribution is 9.10. The highest BCUT2D eigenvalue weighted by Crippen LogP contribution is 2.39. The standard InChI is InChI=1S/C15H14BrFO/c1-9-5-4-6-11(10(9)2)14-12(17)7-8-13(18-3)15(14)16/h4-8H,1-3H3. The van der Waals surface area contributed by atoms with E-state index in [1.807, 2.05) is 32.0 Å². The van der Waals surface area contributed by atoms with Crippen LogP contribution in [-0.2, 0) is 0 Å². The van der Waals surface area contributed by atoms with E-state index in [4.69, 9.17) is 4.74 Å². The quantitative estimate of drug-likeness (QED) is 0.768. The third-order valence-corrected chi connectivity index (χ3v) is 3.94. The van der Waals surface area contributed by atoms with Gasteiger partial charge in [0.05, 0.1) is 11.6 Å². The van der Waals surface area contributed by atoms with Crippen molar-refractivity contribution >= 4 is 15.9 Å². The summed E-state index contributed by atoms with van der Waals surface area (Å²) in [6.07, 6.45) is 0. The van der Waals surface area contributed by atoms with Crippen LogP contribution in [0.5, 0.6) is 5.75 Å². The summed E-state index contributed by atoms with van der Waals surface area (Å²) in [5.74, 6) is 0.378. The zero-order chi connectivity index (χ0) is 13.3. The molecule has 0 aliphatic rings. The molecule has 0 saturated heterocycles. The topological polar surface area (TPSA) is 9.23 Å². The van der Waals surface area contributed by atoms with Crippen LogP contribution in [0.2, 0.25) is 0 Å². The van der Waals surface area contributed by atoms with Gasteiger partial charge in [0.1, 0.15) is 11.6 Å². The van der Waals surface area contributed by atoms with Crippen molar-refractivity contribution in [2.24, 2.45) is 0 Å². The predicted molar refractivity (Wildman–Crippen MR) is 75.6 cm³/mol. The molecule has 0 unspecified atom stereocenters. The fourth-order valence-electron chi connectivity index (χ4n) is 1.96. The first kappa shape index (κ1) is 13.1. The fraction of sp³-hybridized carbons (Fsp3) is 0.200. The van der Waals surface area contributed by atoms with Crippen molar-refractivity contribution in [1.29, 1.82) is 0 Å². The maximum atomic E-state index is 14.1. The molecule has 2 aromatic carbocycles. The summed E-state index contributed by atoms with van der Waals surface area (Å²) in [5.41, 5.74) is 3.65. The highest BCUT2D eigenvalue weighted by Gasteiger charge is 2.16. The summed E-state index contributed by atoms with van der Waals surface area (Å²) in [4.78, 5) is 0. The van der Waals surface area contributed by atoms with E-state index in [9.17, 15) is 4.39 Å². The maximum absolute atomic E-state index is 14.1. The molecule has 0 spiro atoms. The number of rotatable bonds is 2. The average Bonchev–Trinajstić information content (AvgIpc) is 2.35. The van der Waals surface area contributed by atoms with Crippen molar-refractivity contribution < 1.29 is 9.13 Å². The third-order valence-electron chi connectivity index (χ3n) is 3.15. The first-order valence-electron chi connectivity index (χ1n) is 5.65. The second kappa shape index (κ2) is 5.11. The smallest absolute Gasteiger partial charge is 0.133 e. The first-order chi connectivity index (χ1) is 8.56. The Balaban J connectivity index is 2.74. The van der Waals surface area contributed by atoms with Crippen molar-refractivity contribution in [3.63, 3.8) is 0 Å². The molecule has 0 radical (unpaired) electrons. The molecular weight excluding hydrogens is 295 g/mol. The van der Waals surface area contributed by atoms with Gasteiger partial charge in [0.15, 0.2) is 0 Å². The molecule has 1 nitrogen and oxygen atoms in total. The normalized spacial score (nSPS) is 10.5. The lowest BCUT2D eigenvalue weighted by molar-refractivity contribution is 0.411. The first-order valence-corrected chi connectivity index (χ1v) is 6.44. The number of hydrogen-bond donors (Lipinski definition) is 0. The molecule has 0 atom stereocenters. The van der Waals surface area contributed by atoms with Crippen molar-refractivity contribution in [3.05, 3.63) is 51.7 Å². The van der Waals surface area contributed by atoms with Gasteiger partial charge in [-0.15, -0.1) is 0 Å². The molecule has 0 aromatic heterocycles. The molecule has 0 aliphatic carbocycles. The molecule has 0 fully saturated rings. The Kier molecular flexibility index (Phi) is 3.71. The van der Waals surface area contributed by atoms with Crippen LogP contribution < -0.4 is 4.74 Å². The van der Waals surface area contributed by atoms with Gasteiger partial charge in [-0.05, 0) is 58.6 Å². The summed E-state index contributed by atoms with van der Waals surface area (Å²) in [6.45, 7) is 4.01. The van der Waals surface area contributed by atoms with E-state index in [0.717, 1.165) is 16.7 Å². The SMILES string of the molecule is COc1ccc(F)c(-c2cccc(C)c2C)c1Br. The van der Waals surface area contributed by atoms with Gasteiger partial charge in [0.25, 0.3) is 0 Å². The lowest BCUT2D eigenvalue weighted by Gasteiger charge is -2.14. The van der Waals surface area contributed by atoms with Gasteiger partial charge in [-0.3, -0.25) is 0 Å². The van der Waals surface area contributed by atoms with Crippen LogP contribution in [0.1, 0.15) is 11.1 Å². The van der Waals surface area contributed by atoms with Gasteiger partial charge in [-0.2, -0.15) is 0 Å². The minimum Gasteiger partial charge on any atom is -0.496 e. The molecule has 0 saturated carbocycles. The van der Waals surface area contributed by atoms with Crippen LogP contribution in [0, 0.1) is 19.7 Å². The molecule has 2 aromatic rings.